The van der Waals surface area contributed by atoms with Crippen molar-refractivity contribution in [2.75, 3.05) is 0 Å². The molecule has 2 aliphatic rings. The SMILES string of the molecule is CC1(C)OB(c2cccc(CN[C@H]3CC[C@H](O)CC3)c2)OC1(C)C. The van der Waals surface area contributed by atoms with Gasteiger partial charge in [0.2, 0.25) is 0 Å². The fourth-order valence-corrected chi connectivity index (χ4v) is 3.37. The van der Waals surface area contributed by atoms with Gasteiger partial charge in [-0.3, -0.25) is 0 Å². The van der Waals surface area contributed by atoms with Crippen molar-refractivity contribution in [3.63, 3.8) is 0 Å². The van der Waals surface area contributed by atoms with Crippen LogP contribution < -0.4 is 10.8 Å². The largest absolute Gasteiger partial charge is 0.494 e. The lowest BCUT2D eigenvalue weighted by Crippen LogP contribution is -2.41. The van der Waals surface area contributed by atoms with Gasteiger partial charge >= 0.3 is 7.12 Å². The van der Waals surface area contributed by atoms with Crippen LogP contribution in [0.4, 0.5) is 0 Å². The van der Waals surface area contributed by atoms with E-state index in [0.717, 1.165) is 37.7 Å². The molecule has 2 fully saturated rings. The molecule has 0 amide bonds. The molecule has 0 radical (unpaired) electrons. The third kappa shape index (κ3) is 3.85. The van der Waals surface area contributed by atoms with E-state index in [1.165, 1.54) is 5.56 Å². The number of nitrogens with one attached hydrogen (secondary N) is 1. The molecular formula is C19H30BNO3. The Kier molecular flexibility index (Phi) is 5.08. The molecule has 0 atom stereocenters. The normalized spacial score (nSPS) is 29.0. The summed E-state index contributed by atoms with van der Waals surface area (Å²) < 4.78 is 12.3. The van der Waals surface area contributed by atoms with Crippen LogP contribution in [0.1, 0.15) is 58.9 Å². The molecule has 1 saturated carbocycles. The molecule has 24 heavy (non-hydrogen) atoms. The highest BCUT2D eigenvalue weighted by atomic mass is 16.7. The van der Waals surface area contributed by atoms with Crippen molar-refractivity contribution >= 4 is 12.6 Å². The Labute approximate surface area is 146 Å². The van der Waals surface area contributed by atoms with Gasteiger partial charge in [-0.05, 0) is 64.4 Å². The number of aliphatic hydroxyl groups is 1. The average Bonchev–Trinajstić information content (AvgIpc) is 2.75. The first-order chi connectivity index (χ1) is 11.3. The molecule has 1 aromatic rings. The second kappa shape index (κ2) is 6.79. The van der Waals surface area contributed by atoms with Crippen LogP contribution in [-0.4, -0.2) is 35.6 Å². The van der Waals surface area contributed by atoms with Gasteiger partial charge in [-0.2, -0.15) is 0 Å². The second-order valence-electron chi connectivity index (χ2n) is 8.22. The quantitative estimate of drug-likeness (QED) is 0.832. The number of benzene rings is 1. The Bertz CT molecular complexity index is 551. The van der Waals surface area contributed by atoms with Crippen molar-refractivity contribution in [1.29, 1.82) is 0 Å². The van der Waals surface area contributed by atoms with E-state index in [0.29, 0.717) is 6.04 Å². The Hall–Kier alpha value is -0.875. The summed E-state index contributed by atoms with van der Waals surface area (Å²) in [4.78, 5) is 0. The molecule has 0 spiro atoms. The summed E-state index contributed by atoms with van der Waals surface area (Å²) in [5.74, 6) is 0. The molecule has 1 saturated heterocycles. The van der Waals surface area contributed by atoms with Crippen LogP contribution in [0.25, 0.3) is 0 Å². The summed E-state index contributed by atoms with van der Waals surface area (Å²) in [6, 6.07) is 8.96. The van der Waals surface area contributed by atoms with E-state index in [1.807, 2.05) is 0 Å². The van der Waals surface area contributed by atoms with Crippen molar-refractivity contribution in [2.24, 2.45) is 0 Å². The number of rotatable bonds is 4. The van der Waals surface area contributed by atoms with Gasteiger partial charge in [-0.15, -0.1) is 0 Å². The highest BCUT2D eigenvalue weighted by molar-refractivity contribution is 6.62. The second-order valence-corrected chi connectivity index (χ2v) is 8.22. The lowest BCUT2D eigenvalue weighted by Gasteiger charge is -2.32. The van der Waals surface area contributed by atoms with Gasteiger partial charge in [0.25, 0.3) is 0 Å². The monoisotopic (exact) mass is 331 g/mol. The summed E-state index contributed by atoms with van der Waals surface area (Å²) in [5.41, 5.74) is 1.70. The molecule has 3 rings (SSSR count). The minimum atomic E-state index is -0.311. The van der Waals surface area contributed by atoms with Gasteiger partial charge in [0.05, 0.1) is 17.3 Å². The number of hydrogen-bond acceptors (Lipinski definition) is 4. The molecule has 2 N–H and O–H groups in total. The lowest BCUT2D eigenvalue weighted by molar-refractivity contribution is 0.00578. The molecule has 132 valence electrons. The van der Waals surface area contributed by atoms with Gasteiger partial charge in [0.15, 0.2) is 0 Å². The molecule has 1 heterocycles. The van der Waals surface area contributed by atoms with Gasteiger partial charge in [0.1, 0.15) is 0 Å². The van der Waals surface area contributed by atoms with Crippen LogP contribution in [0.15, 0.2) is 24.3 Å². The van der Waals surface area contributed by atoms with Crippen LogP contribution in [0.2, 0.25) is 0 Å². The van der Waals surface area contributed by atoms with E-state index in [2.05, 4.69) is 57.3 Å². The van der Waals surface area contributed by atoms with Crippen LogP contribution in [0.5, 0.6) is 0 Å². The Morgan fingerprint density at radius 2 is 1.71 bits per heavy atom. The van der Waals surface area contributed by atoms with Crippen molar-refractivity contribution in [2.45, 2.75) is 83.3 Å². The van der Waals surface area contributed by atoms with E-state index in [9.17, 15) is 5.11 Å². The molecule has 4 nitrogen and oxygen atoms in total. The maximum Gasteiger partial charge on any atom is 0.494 e. The average molecular weight is 331 g/mol. The Morgan fingerprint density at radius 1 is 1.08 bits per heavy atom. The lowest BCUT2D eigenvalue weighted by atomic mass is 9.78. The first kappa shape index (κ1) is 17.9. The predicted octanol–water partition coefficient (Wildman–Crippen LogP) is 2.38. The highest BCUT2D eigenvalue weighted by Crippen LogP contribution is 2.36. The van der Waals surface area contributed by atoms with Gasteiger partial charge in [0, 0.05) is 12.6 Å². The molecule has 1 aliphatic heterocycles. The van der Waals surface area contributed by atoms with Crippen molar-refractivity contribution in [3.8, 4) is 0 Å². The zero-order valence-corrected chi connectivity index (χ0v) is 15.3. The van der Waals surface area contributed by atoms with E-state index < -0.39 is 0 Å². The summed E-state index contributed by atoms with van der Waals surface area (Å²) in [5, 5.41) is 13.2. The van der Waals surface area contributed by atoms with E-state index in [4.69, 9.17) is 9.31 Å². The standard InChI is InChI=1S/C19H30BNO3/c1-18(2)19(3,4)24-20(23-18)15-7-5-6-14(12-15)13-21-16-8-10-17(22)11-9-16/h5-7,12,16-17,21-22H,8-11,13H2,1-4H3/t16-,17-. The Balaban J connectivity index is 1.61. The number of aliphatic hydroxyl groups excluding tert-OH is 1. The molecule has 0 aromatic heterocycles. The topological polar surface area (TPSA) is 50.7 Å². The summed E-state index contributed by atoms with van der Waals surface area (Å²) >= 11 is 0. The zero-order valence-electron chi connectivity index (χ0n) is 15.3. The third-order valence-electron chi connectivity index (χ3n) is 5.77. The zero-order chi connectivity index (χ0) is 17.4. The van der Waals surface area contributed by atoms with E-state index in [-0.39, 0.29) is 24.4 Å². The van der Waals surface area contributed by atoms with Crippen LogP contribution in [0, 0.1) is 0 Å². The minimum Gasteiger partial charge on any atom is -0.399 e. The van der Waals surface area contributed by atoms with Crippen molar-refractivity contribution in [1.82, 2.24) is 5.32 Å². The summed E-state index contributed by atoms with van der Waals surface area (Å²) in [6.45, 7) is 9.16. The molecule has 0 bridgehead atoms. The van der Waals surface area contributed by atoms with Gasteiger partial charge in [-0.1, -0.05) is 24.3 Å². The van der Waals surface area contributed by atoms with E-state index in [1.54, 1.807) is 0 Å². The van der Waals surface area contributed by atoms with Crippen molar-refractivity contribution in [3.05, 3.63) is 29.8 Å². The van der Waals surface area contributed by atoms with Crippen molar-refractivity contribution < 1.29 is 14.4 Å². The van der Waals surface area contributed by atoms with Gasteiger partial charge < -0.3 is 19.7 Å². The van der Waals surface area contributed by atoms with E-state index >= 15 is 0 Å². The maximum absolute atomic E-state index is 9.60. The molecule has 5 heteroatoms. The minimum absolute atomic E-state index is 0.102. The summed E-state index contributed by atoms with van der Waals surface area (Å²) in [6.07, 6.45) is 3.82. The Morgan fingerprint density at radius 3 is 2.33 bits per heavy atom. The maximum atomic E-state index is 9.60. The highest BCUT2D eigenvalue weighted by Gasteiger charge is 2.51. The fourth-order valence-electron chi connectivity index (χ4n) is 3.37. The smallest absolute Gasteiger partial charge is 0.399 e. The molecular weight excluding hydrogens is 301 g/mol. The third-order valence-corrected chi connectivity index (χ3v) is 5.77. The summed E-state index contributed by atoms with van der Waals surface area (Å²) in [7, 11) is -0.306. The predicted molar refractivity (Wildman–Crippen MR) is 97.3 cm³/mol. The number of hydrogen-bond donors (Lipinski definition) is 2. The first-order valence-electron chi connectivity index (χ1n) is 9.13. The first-order valence-corrected chi connectivity index (χ1v) is 9.13. The van der Waals surface area contributed by atoms with Crippen LogP contribution in [0.3, 0.4) is 0 Å². The van der Waals surface area contributed by atoms with Crippen LogP contribution >= 0.6 is 0 Å². The van der Waals surface area contributed by atoms with Crippen LogP contribution in [-0.2, 0) is 15.9 Å². The molecule has 1 aliphatic carbocycles. The van der Waals surface area contributed by atoms with Gasteiger partial charge in [-0.25, -0.2) is 0 Å². The fraction of sp³-hybridized carbons (Fsp3) is 0.684. The molecule has 1 aromatic carbocycles. The molecule has 0 unspecified atom stereocenters.